The number of nitrogens with zero attached hydrogens (tertiary/aromatic N) is 1. The largest absolute Gasteiger partial charge is 0.285 e. The van der Waals surface area contributed by atoms with Crippen molar-refractivity contribution in [1.29, 1.82) is 0 Å². The second-order valence-corrected chi connectivity index (χ2v) is 6.68. The second kappa shape index (κ2) is 6.41. The summed E-state index contributed by atoms with van der Waals surface area (Å²) < 4.78 is 0.334. The number of thioether (sulfide) groups is 1. The topological polar surface area (TPSA) is 49.4 Å². The average Bonchev–Trinajstić information content (AvgIpc) is 2.67. The number of carbonyl (C=O) groups is 2. The van der Waals surface area contributed by atoms with E-state index in [2.05, 4.69) is 19.3 Å². The first-order chi connectivity index (χ1) is 9.88. The number of amides is 2. The molecule has 2 rings (SSSR count). The Morgan fingerprint density at radius 2 is 1.95 bits per heavy atom. The van der Waals surface area contributed by atoms with E-state index in [4.69, 9.17) is 12.2 Å². The van der Waals surface area contributed by atoms with E-state index in [1.807, 2.05) is 24.3 Å². The van der Waals surface area contributed by atoms with Crippen molar-refractivity contribution in [3.05, 3.63) is 40.3 Å². The standard InChI is InChI=1S/C15H16N2O2S2/c1-9(2)12-6-4-11(5-7-12)8-13-14(19)17(15(20)21-13)16-10(3)18/h4-9H,1-3H3,(H,16,18)/b13-8+. The van der Waals surface area contributed by atoms with Crippen LogP contribution in [-0.4, -0.2) is 21.1 Å². The van der Waals surface area contributed by atoms with Crippen LogP contribution in [0.25, 0.3) is 6.08 Å². The molecule has 4 nitrogen and oxygen atoms in total. The minimum Gasteiger partial charge on any atom is -0.274 e. The molecule has 1 heterocycles. The van der Waals surface area contributed by atoms with Gasteiger partial charge in [0.1, 0.15) is 0 Å². The molecule has 1 aliphatic rings. The van der Waals surface area contributed by atoms with Crippen LogP contribution in [0, 0.1) is 0 Å². The highest BCUT2D eigenvalue weighted by atomic mass is 32.2. The molecule has 0 bridgehead atoms. The first-order valence-corrected chi connectivity index (χ1v) is 7.76. The second-order valence-electron chi connectivity index (χ2n) is 5.01. The number of hydrazine groups is 1. The molecule has 1 aliphatic heterocycles. The van der Waals surface area contributed by atoms with Gasteiger partial charge in [-0.1, -0.05) is 49.9 Å². The van der Waals surface area contributed by atoms with E-state index in [0.29, 0.717) is 15.1 Å². The van der Waals surface area contributed by atoms with Crippen LogP contribution in [0.3, 0.4) is 0 Å². The van der Waals surface area contributed by atoms with Crippen molar-refractivity contribution in [1.82, 2.24) is 10.4 Å². The molecule has 21 heavy (non-hydrogen) atoms. The van der Waals surface area contributed by atoms with E-state index in [-0.39, 0.29) is 11.8 Å². The lowest BCUT2D eigenvalue weighted by molar-refractivity contribution is -0.131. The number of carbonyl (C=O) groups excluding carboxylic acids is 2. The van der Waals surface area contributed by atoms with Gasteiger partial charge in [-0.2, -0.15) is 5.01 Å². The highest BCUT2D eigenvalue weighted by Gasteiger charge is 2.32. The van der Waals surface area contributed by atoms with Crippen molar-refractivity contribution in [3.63, 3.8) is 0 Å². The van der Waals surface area contributed by atoms with Crippen LogP contribution in [0.4, 0.5) is 0 Å². The summed E-state index contributed by atoms with van der Waals surface area (Å²) in [6.45, 7) is 5.61. The lowest BCUT2D eigenvalue weighted by Crippen LogP contribution is -2.43. The molecule has 1 aromatic carbocycles. The van der Waals surface area contributed by atoms with Gasteiger partial charge in [-0.15, -0.1) is 0 Å². The van der Waals surface area contributed by atoms with Crippen LogP contribution in [0.5, 0.6) is 0 Å². The summed E-state index contributed by atoms with van der Waals surface area (Å²) in [4.78, 5) is 23.7. The maximum absolute atomic E-state index is 12.2. The third kappa shape index (κ3) is 3.71. The zero-order chi connectivity index (χ0) is 15.6. The average molecular weight is 320 g/mol. The van der Waals surface area contributed by atoms with Gasteiger partial charge in [0.15, 0.2) is 4.32 Å². The highest BCUT2D eigenvalue weighted by Crippen LogP contribution is 2.31. The Labute approximate surface area is 133 Å². The number of rotatable bonds is 3. The van der Waals surface area contributed by atoms with Crippen LogP contribution in [0.2, 0.25) is 0 Å². The molecule has 0 unspecified atom stereocenters. The summed E-state index contributed by atoms with van der Waals surface area (Å²) in [5.41, 5.74) is 4.60. The van der Waals surface area contributed by atoms with Gasteiger partial charge in [-0.05, 0) is 35.3 Å². The number of benzene rings is 1. The Bertz CT molecular complexity index is 621. The van der Waals surface area contributed by atoms with Crippen molar-refractivity contribution in [2.45, 2.75) is 26.7 Å². The summed E-state index contributed by atoms with van der Waals surface area (Å²) >= 11 is 6.28. The van der Waals surface area contributed by atoms with Gasteiger partial charge >= 0.3 is 0 Å². The number of thiocarbonyl (C=S) groups is 1. The van der Waals surface area contributed by atoms with Crippen molar-refractivity contribution in [2.24, 2.45) is 0 Å². The normalized spacial score (nSPS) is 17.0. The Kier molecular flexibility index (Phi) is 4.80. The molecular formula is C15H16N2O2S2. The van der Waals surface area contributed by atoms with Crippen LogP contribution in [-0.2, 0) is 9.59 Å². The third-order valence-electron chi connectivity index (χ3n) is 2.96. The minimum atomic E-state index is -0.325. The zero-order valence-corrected chi connectivity index (χ0v) is 13.7. The van der Waals surface area contributed by atoms with Gasteiger partial charge in [0.25, 0.3) is 5.91 Å². The quantitative estimate of drug-likeness (QED) is 0.687. The molecule has 110 valence electrons. The maximum atomic E-state index is 12.2. The Morgan fingerprint density at radius 3 is 2.48 bits per heavy atom. The predicted octanol–water partition coefficient (Wildman–Crippen LogP) is 3.06. The molecule has 0 spiro atoms. The maximum Gasteiger partial charge on any atom is 0.285 e. The van der Waals surface area contributed by atoms with E-state index in [1.54, 1.807) is 6.08 Å². The minimum absolute atomic E-state index is 0.298. The first-order valence-electron chi connectivity index (χ1n) is 6.53. The van der Waals surface area contributed by atoms with Crippen LogP contribution >= 0.6 is 24.0 Å². The molecule has 1 aromatic rings. The SMILES string of the molecule is CC(=O)NN1C(=O)/C(=C\c2ccc(C(C)C)cc2)SC1=S. The third-order valence-corrected chi connectivity index (χ3v) is 4.27. The van der Waals surface area contributed by atoms with E-state index in [0.717, 1.165) is 10.6 Å². The summed E-state index contributed by atoms with van der Waals surface area (Å²) in [7, 11) is 0. The molecule has 1 N–H and O–H groups in total. The molecular weight excluding hydrogens is 304 g/mol. The van der Waals surface area contributed by atoms with E-state index in [1.165, 1.54) is 24.2 Å². The van der Waals surface area contributed by atoms with Crippen molar-refractivity contribution >= 4 is 46.2 Å². The lowest BCUT2D eigenvalue weighted by atomic mass is 10.0. The smallest absolute Gasteiger partial charge is 0.274 e. The van der Waals surface area contributed by atoms with Crippen molar-refractivity contribution in [3.8, 4) is 0 Å². The molecule has 0 radical (unpaired) electrons. The molecule has 0 aromatic heterocycles. The molecule has 1 fully saturated rings. The predicted molar refractivity (Wildman–Crippen MR) is 89.4 cm³/mol. The monoisotopic (exact) mass is 320 g/mol. The van der Waals surface area contributed by atoms with Crippen LogP contribution in [0.15, 0.2) is 29.2 Å². The highest BCUT2D eigenvalue weighted by molar-refractivity contribution is 8.26. The Morgan fingerprint density at radius 1 is 1.33 bits per heavy atom. The van der Waals surface area contributed by atoms with E-state index < -0.39 is 0 Å². The van der Waals surface area contributed by atoms with Gasteiger partial charge in [0.2, 0.25) is 5.91 Å². The molecule has 0 saturated carbocycles. The van der Waals surface area contributed by atoms with Crippen LogP contribution < -0.4 is 5.43 Å². The lowest BCUT2D eigenvalue weighted by Gasteiger charge is -2.13. The fraction of sp³-hybridized carbons (Fsp3) is 0.267. The number of hydrogen-bond acceptors (Lipinski definition) is 4. The van der Waals surface area contributed by atoms with Crippen molar-refractivity contribution in [2.75, 3.05) is 0 Å². The molecule has 1 saturated heterocycles. The first kappa shape index (κ1) is 15.7. The van der Waals surface area contributed by atoms with Gasteiger partial charge in [0.05, 0.1) is 4.91 Å². The van der Waals surface area contributed by atoms with Gasteiger partial charge in [-0.3, -0.25) is 15.0 Å². The summed E-state index contributed by atoms with van der Waals surface area (Å²) in [5.74, 6) is -0.154. The Balaban J connectivity index is 2.20. The van der Waals surface area contributed by atoms with Gasteiger partial charge < -0.3 is 0 Å². The van der Waals surface area contributed by atoms with E-state index >= 15 is 0 Å². The fourth-order valence-electron chi connectivity index (χ4n) is 1.85. The Hall–Kier alpha value is -1.66. The summed E-state index contributed by atoms with van der Waals surface area (Å²) in [5, 5.41) is 1.11. The number of hydrogen-bond donors (Lipinski definition) is 1. The fourth-order valence-corrected chi connectivity index (χ4v) is 3.03. The van der Waals surface area contributed by atoms with Gasteiger partial charge in [0, 0.05) is 6.92 Å². The molecule has 6 heteroatoms. The van der Waals surface area contributed by atoms with Crippen LogP contribution in [0.1, 0.15) is 37.8 Å². The van der Waals surface area contributed by atoms with Gasteiger partial charge in [-0.25, -0.2) is 0 Å². The molecule has 0 aliphatic carbocycles. The summed E-state index contributed by atoms with van der Waals surface area (Å²) in [6, 6.07) is 8.04. The zero-order valence-electron chi connectivity index (χ0n) is 12.0. The summed E-state index contributed by atoms with van der Waals surface area (Å²) in [6.07, 6.45) is 1.78. The van der Waals surface area contributed by atoms with E-state index in [9.17, 15) is 9.59 Å². The number of nitrogens with one attached hydrogen (secondary N) is 1. The van der Waals surface area contributed by atoms with Crippen molar-refractivity contribution < 1.29 is 9.59 Å². The molecule has 2 amide bonds. The molecule has 0 atom stereocenters.